The first-order valence-corrected chi connectivity index (χ1v) is 12.7. The molecule has 1 aliphatic rings. The Hall–Kier alpha value is -2.95. The van der Waals surface area contributed by atoms with Gasteiger partial charge in [0.2, 0.25) is 0 Å². The normalized spacial score (nSPS) is 14.7. The lowest BCUT2D eigenvalue weighted by Gasteiger charge is -2.11. The van der Waals surface area contributed by atoms with Crippen molar-refractivity contribution in [3.63, 3.8) is 0 Å². The molecule has 0 bridgehead atoms. The SMILES string of the molecule is Nc1ncnc2c1c(-c1ccc(NS(=O)(=O)c3cc(Cl)cc(Cl)c3)c(F)c1)nn2C1CCCC1. The van der Waals surface area contributed by atoms with Crippen LogP contribution in [-0.4, -0.2) is 28.2 Å². The van der Waals surface area contributed by atoms with Gasteiger partial charge in [0.15, 0.2) is 5.65 Å². The van der Waals surface area contributed by atoms with E-state index in [1.165, 1.54) is 36.7 Å². The Kier molecular flexibility index (Phi) is 5.83. The van der Waals surface area contributed by atoms with Gasteiger partial charge in [-0.25, -0.2) is 27.5 Å². The molecule has 0 amide bonds. The van der Waals surface area contributed by atoms with E-state index in [1.807, 2.05) is 4.68 Å². The molecule has 3 N–H and O–H groups in total. The van der Waals surface area contributed by atoms with Crippen LogP contribution in [0, 0.1) is 5.82 Å². The Morgan fingerprint density at radius 1 is 1.06 bits per heavy atom. The van der Waals surface area contributed by atoms with E-state index in [0.717, 1.165) is 25.7 Å². The molecular weight excluding hydrogens is 502 g/mol. The largest absolute Gasteiger partial charge is 0.383 e. The second-order valence-electron chi connectivity index (χ2n) is 8.09. The first kappa shape index (κ1) is 22.8. The number of aromatic nitrogens is 4. The predicted molar refractivity (Wildman–Crippen MR) is 130 cm³/mol. The van der Waals surface area contributed by atoms with E-state index in [2.05, 4.69) is 14.7 Å². The lowest BCUT2D eigenvalue weighted by molar-refractivity contribution is 0.479. The van der Waals surface area contributed by atoms with Gasteiger partial charge in [-0.2, -0.15) is 5.10 Å². The maximum atomic E-state index is 15.1. The second kappa shape index (κ2) is 8.68. The van der Waals surface area contributed by atoms with Crippen molar-refractivity contribution in [3.8, 4) is 11.3 Å². The number of halogens is 3. The summed E-state index contributed by atoms with van der Waals surface area (Å²) in [5.41, 5.74) is 7.36. The molecule has 2 heterocycles. The summed E-state index contributed by atoms with van der Waals surface area (Å²) in [6.07, 6.45) is 5.53. The van der Waals surface area contributed by atoms with Crippen LogP contribution < -0.4 is 10.5 Å². The van der Waals surface area contributed by atoms with Gasteiger partial charge in [0, 0.05) is 15.6 Å². The van der Waals surface area contributed by atoms with Crippen LogP contribution in [0.2, 0.25) is 10.0 Å². The number of nitrogens with one attached hydrogen (secondary N) is 1. The lowest BCUT2D eigenvalue weighted by Crippen LogP contribution is -2.14. The summed E-state index contributed by atoms with van der Waals surface area (Å²) in [6.45, 7) is 0. The first-order valence-electron chi connectivity index (χ1n) is 10.5. The van der Waals surface area contributed by atoms with Gasteiger partial charge in [-0.3, -0.25) is 4.72 Å². The van der Waals surface area contributed by atoms with E-state index < -0.39 is 15.8 Å². The molecule has 0 saturated heterocycles. The van der Waals surface area contributed by atoms with Crippen molar-refractivity contribution in [2.45, 2.75) is 36.6 Å². The number of sulfonamides is 1. The van der Waals surface area contributed by atoms with Crippen LogP contribution in [0.5, 0.6) is 0 Å². The zero-order valence-electron chi connectivity index (χ0n) is 17.7. The summed E-state index contributed by atoms with van der Waals surface area (Å²) >= 11 is 11.8. The summed E-state index contributed by atoms with van der Waals surface area (Å²) in [6, 6.07) is 8.15. The lowest BCUT2D eigenvalue weighted by atomic mass is 10.1. The van der Waals surface area contributed by atoms with E-state index >= 15 is 4.39 Å². The molecule has 12 heteroatoms. The van der Waals surface area contributed by atoms with Crippen LogP contribution in [0.15, 0.2) is 47.6 Å². The fourth-order valence-corrected chi connectivity index (χ4v) is 6.03. The zero-order chi connectivity index (χ0) is 24.0. The van der Waals surface area contributed by atoms with Gasteiger partial charge in [-0.15, -0.1) is 0 Å². The molecule has 0 radical (unpaired) electrons. The van der Waals surface area contributed by atoms with Crippen molar-refractivity contribution in [3.05, 3.63) is 58.6 Å². The molecule has 0 spiro atoms. The van der Waals surface area contributed by atoms with Gasteiger partial charge in [0.1, 0.15) is 23.7 Å². The molecule has 4 aromatic rings. The standard InChI is InChI=1S/C22H19Cl2FN6O2S/c23-13-8-14(24)10-16(9-13)34(32,33)30-18-6-5-12(7-17(18)25)20-19-21(26)27-11-28-22(19)31(29-20)15-3-1-2-4-15/h5-11,15,30H,1-4H2,(H2,26,27,28). The molecule has 0 aliphatic heterocycles. The van der Waals surface area contributed by atoms with Crippen LogP contribution in [0.1, 0.15) is 31.7 Å². The summed E-state index contributed by atoms with van der Waals surface area (Å²) in [4.78, 5) is 8.27. The fraction of sp³-hybridized carbons (Fsp3) is 0.227. The number of nitrogens with two attached hydrogens (primary N) is 1. The van der Waals surface area contributed by atoms with E-state index in [1.54, 1.807) is 6.07 Å². The minimum absolute atomic E-state index is 0.147. The highest BCUT2D eigenvalue weighted by Crippen LogP contribution is 2.37. The minimum Gasteiger partial charge on any atom is -0.383 e. The number of fused-ring (bicyclic) bond motifs is 1. The number of hydrogen-bond donors (Lipinski definition) is 2. The third-order valence-electron chi connectivity index (χ3n) is 5.82. The Bertz CT molecular complexity index is 1500. The van der Waals surface area contributed by atoms with Crippen molar-refractivity contribution < 1.29 is 12.8 Å². The summed E-state index contributed by atoms with van der Waals surface area (Å²) in [5, 5.41) is 5.54. The van der Waals surface area contributed by atoms with Gasteiger partial charge in [0.25, 0.3) is 10.0 Å². The zero-order valence-corrected chi connectivity index (χ0v) is 20.0. The summed E-state index contributed by atoms with van der Waals surface area (Å²) in [5.74, 6) is -0.541. The monoisotopic (exact) mass is 520 g/mol. The number of anilines is 2. The summed E-state index contributed by atoms with van der Waals surface area (Å²) in [7, 11) is -4.13. The highest BCUT2D eigenvalue weighted by molar-refractivity contribution is 7.92. The molecule has 1 saturated carbocycles. The van der Waals surface area contributed by atoms with Gasteiger partial charge in [-0.05, 0) is 43.2 Å². The van der Waals surface area contributed by atoms with E-state index in [0.29, 0.717) is 22.3 Å². The summed E-state index contributed by atoms with van der Waals surface area (Å²) < 4.78 is 44.6. The topological polar surface area (TPSA) is 116 Å². The van der Waals surface area contributed by atoms with Crippen LogP contribution >= 0.6 is 23.2 Å². The molecule has 8 nitrogen and oxygen atoms in total. The van der Waals surface area contributed by atoms with Crippen molar-refractivity contribution in [1.82, 2.24) is 19.7 Å². The van der Waals surface area contributed by atoms with Gasteiger partial charge >= 0.3 is 0 Å². The molecule has 34 heavy (non-hydrogen) atoms. The number of nitrogen functional groups attached to an aromatic ring is 1. The smallest absolute Gasteiger partial charge is 0.262 e. The molecule has 1 aliphatic carbocycles. The number of benzene rings is 2. The molecule has 5 rings (SSSR count). The van der Waals surface area contributed by atoms with E-state index in [4.69, 9.17) is 34.0 Å². The first-order chi connectivity index (χ1) is 16.2. The van der Waals surface area contributed by atoms with Crippen molar-refractivity contribution in [1.29, 1.82) is 0 Å². The average molecular weight is 521 g/mol. The maximum Gasteiger partial charge on any atom is 0.262 e. The number of nitrogens with zero attached hydrogens (tertiary/aromatic N) is 4. The third kappa shape index (κ3) is 4.17. The molecular formula is C22H19Cl2FN6O2S. The van der Waals surface area contributed by atoms with Crippen molar-refractivity contribution >= 4 is 55.8 Å². The van der Waals surface area contributed by atoms with Gasteiger partial charge < -0.3 is 5.73 Å². The molecule has 176 valence electrons. The highest BCUT2D eigenvalue weighted by Gasteiger charge is 2.25. The van der Waals surface area contributed by atoms with E-state index in [9.17, 15) is 8.42 Å². The second-order valence-corrected chi connectivity index (χ2v) is 10.6. The van der Waals surface area contributed by atoms with E-state index in [-0.39, 0.29) is 32.5 Å². The fourth-order valence-electron chi connectivity index (χ4n) is 4.23. The van der Waals surface area contributed by atoms with Crippen LogP contribution in [0.4, 0.5) is 15.9 Å². The molecule has 0 atom stereocenters. The average Bonchev–Trinajstić information content (AvgIpc) is 3.43. The molecule has 1 fully saturated rings. The Morgan fingerprint density at radius 3 is 2.44 bits per heavy atom. The molecule has 2 aromatic heterocycles. The Balaban J connectivity index is 1.53. The third-order valence-corrected chi connectivity index (χ3v) is 7.60. The maximum absolute atomic E-state index is 15.1. The van der Waals surface area contributed by atoms with Gasteiger partial charge in [0.05, 0.1) is 22.0 Å². The quantitative estimate of drug-likeness (QED) is 0.362. The minimum atomic E-state index is -4.13. The van der Waals surface area contributed by atoms with Crippen LogP contribution in [0.3, 0.4) is 0 Å². The predicted octanol–water partition coefficient (Wildman–Crippen LogP) is 5.44. The number of hydrogen-bond acceptors (Lipinski definition) is 6. The van der Waals surface area contributed by atoms with Crippen molar-refractivity contribution in [2.24, 2.45) is 0 Å². The Morgan fingerprint density at radius 2 is 1.76 bits per heavy atom. The number of rotatable bonds is 5. The van der Waals surface area contributed by atoms with Crippen molar-refractivity contribution in [2.75, 3.05) is 10.5 Å². The molecule has 2 aromatic carbocycles. The van der Waals surface area contributed by atoms with Gasteiger partial charge in [-0.1, -0.05) is 42.1 Å². The highest BCUT2D eigenvalue weighted by atomic mass is 35.5. The molecule has 0 unspecified atom stereocenters. The van der Waals surface area contributed by atoms with Crippen LogP contribution in [-0.2, 0) is 10.0 Å². The Labute approximate surface area is 205 Å². The van der Waals surface area contributed by atoms with Crippen LogP contribution in [0.25, 0.3) is 22.3 Å².